The molecule has 1 aliphatic heterocycles. The molecule has 0 aromatic heterocycles. The minimum absolute atomic E-state index is 0.00382. The highest BCUT2D eigenvalue weighted by Gasteiger charge is 2.19. The lowest BCUT2D eigenvalue weighted by Crippen LogP contribution is -2.46. The van der Waals surface area contributed by atoms with Gasteiger partial charge in [0.1, 0.15) is 5.76 Å². The van der Waals surface area contributed by atoms with Crippen molar-refractivity contribution in [2.45, 2.75) is 12.8 Å². The number of ether oxygens (including phenoxy) is 1. The van der Waals surface area contributed by atoms with Crippen molar-refractivity contribution in [1.29, 1.82) is 0 Å². The van der Waals surface area contributed by atoms with E-state index in [9.17, 15) is 4.79 Å². The summed E-state index contributed by atoms with van der Waals surface area (Å²) in [6, 6.07) is 9.35. The van der Waals surface area contributed by atoms with Crippen molar-refractivity contribution in [3.05, 3.63) is 72.7 Å². The van der Waals surface area contributed by atoms with Crippen LogP contribution in [0, 0.1) is 0 Å². The number of nitrogens with one attached hydrogen (secondary N) is 1. The number of benzene rings is 1. The van der Waals surface area contributed by atoms with Crippen molar-refractivity contribution in [1.82, 2.24) is 15.1 Å². The molecule has 1 N–H and O–H groups in total. The topological polar surface area (TPSA) is 44.8 Å². The number of piperazine rings is 1. The predicted octanol–water partition coefficient (Wildman–Crippen LogP) is 3.04. The monoisotopic (exact) mass is 369 g/mol. The van der Waals surface area contributed by atoms with Gasteiger partial charge in [0.05, 0.1) is 12.8 Å². The Kier molecular flexibility index (Phi) is 8.65. The lowest BCUT2D eigenvalue weighted by molar-refractivity contribution is 0.0952. The molecular weight excluding hydrogens is 338 g/mol. The zero-order valence-corrected chi connectivity index (χ0v) is 16.3. The number of carbonyl (C=O) groups is 1. The standard InChI is InChI=1S/C22H31N3O2/c1-4-20(21(5-2)27-3)25-17-15-24(16-18-25)14-10-9-13-23-22(26)19-11-7-6-8-12-19/h4-8,11-12H,1-2,9-10,13-18H2,3H3,(H,23,26)/b21-20-. The highest BCUT2D eigenvalue weighted by molar-refractivity contribution is 5.94. The molecule has 1 aromatic rings. The molecule has 146 valence electrons. The van der Waals surface area contributed by atoms with Crippen molar-refractivity contribution in [3.8, 4) is 0 Å². The SMILES string of the molecule is C=C/C(OC)=C(\C=C)N1CCN(CCCCNC(=O)c2ccccc2)CC1. The van der Waals surface area contributed by atoms with Gasteiger partial charge in [-0.1, -0.05) is 31.4 Å². The Bertz CT molecular complexity index is 647. The summed E-state index contributed by atoms with van der Waals surface area (Å²) in [5.74, 6) is 0.775. The quantitative estimate of drug-likeness (QED) is 0.391. The summed E-state index contributed by atoms with van der Waals surface area (Å²) >= 11 is 0. The van der Waals surface area contributed by atoms with E-state index in [1.54, 1.807) is 13.2 Å². The van der Waals surface area contributed by atoms with E-state index < -0.39 is 0 Å². The van der Waals surface area contributed by atoms with Crippen LogP contribution in [0.2, 0.25) is 0 Å². The van der Waals surface area contributed by atoms with Gasteiger partial charge in [-0.25, -0.2) is 0 Å². The normalized spacial score (nSPS) is 15.7. The van der Waals surface area contributed by atoms with Gasteiger partial charge in [0.2, 0.25) is 0 Å². The van der Waals surface area contributed by atoms with E-state index in [1.807, 2.05) is 36.4 Å². The Morgan fingerprint density at radius 2 is 1.81 bits per heavy atom. The lowest BCUT2D eigenvalue weighted by Gasteiger charge is -2.37. The molecule has 5 heteroatoms. The first-order valence-corrected chi connectivity index (χ1v) is 9.53. The number of nitrogens with zero attached hydrogens (tertiary/aromatic N) is 2. The van der Waals surface area contributed by atoms with Crippen LogP contribution >= 0.6 is 0 Å². The first-order valence-electron chi connectivity index (χ1n) is 9.53. The van der Waals surface area contributed by atoms with Crippen LogP contribution in [0.1, 0.15) is 23.2 Å². The summed E-state index contributed by atoms with van der Waals surface area (Å²) in [7, 11) is 1.66. The van der Waals surface area contributed by atoms with E-state index in [1.165, 1.54) is 0 Å². The summed E-state index contributed by atoms with van der Waals surface area (Å²) in [5.41, 5.74) is 1.73. The summed E-state index contributed by atoms with van der Waals surface area (Å²) in [6.45, 7) is 13.4. The number of methoxy groups -OCH3 is 1. The van der Waals surface area contributed by atoms with Crippen LogP contribution in [-0.2, 0) is 4.74 Å². The molecule has 0 spiro atoms. The van der Waals surface area contributed by atoms with Crippen molar-refractivity contribution in [3.63, 3.8) is 0 Å². The number of unbranched alkanes of at least 4 members (excludes halogenated alkanes) is 1. The predicted molar refractivity (Wildman–Crippen MR) is 110 cm³/mol. The summed E-state index contributed by atoms with van der Waals surface area (Å²) in [5, 5.41) is 2.99. The molecule has 0 bridgehead atoms. The molecule has 0 aliphatic carbocycles. The Labute approximate surface area is 163 Å². The molecule has 1 aliphatic rings. The average Bonchev–Trinajstić information content (AvgIpc) is 2.72. The fourth-order valence-corrected chi connectivity index (χ4v) is 3.24. The van der Waals surface area contributed by atoms with Gasteiger partial charge in [0.15, 0.2) is 0 Å². The molecule has 1 saturated heterocycles. The van der Waals surface area contributed by atoms with E-state index in [2.05, 4.69) is 28.3 Å². The lowest BCUT2D eigenvalue weighted by atomic mass is 10.2. The number of hydrogen-bond acceptors (Lipinski definition) is 4. The molecular formula is C22H31N3O2. The fraction of sp³-hybridized carbons (Fsp3) is 0.409. The molecule has 2 rings (SSSR count). The van der Waals surface area contributed by atoms with Crippen molar-refractivity contribution >= 4 is 5.91 Å². The molecule has 1 heterocycles. The molecule has 27 heavy (non-hydrogen) atoms. The maximum absolute atomic E-state index is 12.0. The smallest absolute Gasteiger partial charge is 0.251 e. The Hall–Kier alpha value is -2.53. The first kappa shape index (κ1) is 20.8. The van der Waals surface area contributed by atoms with Crippen LogP contribution in [0.3, 0.4) is 0 Å². The maximum Gasteiger partial charge on any atom is 0.251 e. The number of rotatable bonds is 10. The van der Waals surface area contributed by atoms with Gasteiger partial charge in [0, 0.05) is 38.3 Å². The maximum atomic E-state index is 12.0. The van der Waals surface area contributed by atoms with E-state index in [4.69, 9.17) is 4.74 Å². The zero-order chi connectivity index (χ0) is 19.5. The minimum atomic E-state index is 0.00382. The Morgan fingerprint density at radius 3 is 2.41 bits per heavy atom. The van der Waals surface area contributed by atoms with Crippen molar-refractivity contribution in [2.24, 2.45) is 0 Å². The number of allylic oxidation sites excluding steroid dienone is 2. The molecule has 0 radical (unpaired) electrons. The van der Waals surface area contributed by atoms with Crippen LogP contribution in [-0.4, -0.2) is 62.1 Å². The third-order valence-corrected chi connectivity index (χ3v) is 4.79. The first-order chi connectivity index (χ1) is 13.2. The van der Waals surface area contributed by atoms with Gasteiger partial charge in [-0.3, -0.25) is 9.69 Å². The molecule has 1 aromatic carbocycles. The van der Waals surface area contributed by atoms with E-state index in [-0.39, 0.29) is 5.91 Å². The number of hydrogen-bond donors (Lipinski definition) is 1. The van der Waals surface area contributed by atoms with Crippen molar-refractivity contribution < 1.29 is 9.53 Å². The van der Waals surface area contributed by atoms with Gasteiger partial charge in [-0.2, -0.15) is 0 Å². The minimum Gasteiger partial charge on any atom is -0.495 e. The van der Waals surface area contributed by atoms with E-state index >= 15 is 0 Å². The van der Waals surface area contributed by atoms with Crippen LogP contribution in [0.25, 0.3) is 0 Å². The van der Waals surface area contributed by atoms with Crippen molar-refractivity contribution in [2.75, 3.05) is 46.4 Å². The second-order valence-corrected chi connectivity index (χ2v) is 6.52. The van der Waals surface area contributed by atoms with Crippen LogP contribution in [0.15, 0.2) is 67.1 Å². The molecule has 5 nitrogen and oxygen atoms in total. The molecule has 0 atom stereocenters. The third-order valence-electron chi connectivity index (χ3n) is 4.79. The molecule has 1 amide bonds. The summed E-state index contributed by atoms with van der Waals surface area (Å²) in [4.78, 5) is 16.8. The van der Waals surface area contributed by atoms with Crippen LogP contribution in [0.4, 0.5) is 0 Å². The fourth-order valence-electron chi connectivity index (χ4n) is 3.24. The molecule has 1 fully saturated rings. The van der Waals surface area contributed by atoms with Gasteiger partial charge < -0.3 is 15.0 Å². The summed E-state index contributed by atoms with van der Waals surface area (Å²) in [6.07, 6.45) is 5.63. The van der Waals surface area contributed by atoms with Gasteiger partial charge in [0.25, 0.3) is 5.91 Å². The van der Waals surface area contributed by atoms with Gasteiger partial charge in [-0.05, 0) is 43.7 Å². The second-order valence-electron chi connectivity index (χ2n) is 6.52. The highest BCUT2D eigenvalue weighted by Crippen LogP contribution is 2.16. The molecule has 0 saturated carbocycles. The van der Waals surface area contributed by atoms with Crippen LogP contribution < -0.4 is 5.32 Å². The van der Waals surface area contributed by atoms with Crippen LogP contribution in [0.5, 0.6) is 0 Å². The summed E-state index contributed by atoms with van der Waals surface area (Å²) < 4.78 is 5.38. The third kappa shape index (κ3) is 6.29. The zero-order valence-electron chi connectivity index (χ0n) is 16.3. The second kappa shape index (κ2) is 11.2. The number of carbonyl (C=O) groups excluding carboxylic acids is 1. The van der Waals surface area contributed by atoms with Gasteiger partial charge in [-0.15, -0.1) is 0 Å². The van der Waals surface area contributed by atoms with E-state index in [0.29, 0.717) is 6.54 Å². The number of amides is 1. The van der Waals surface area contributed by atoms with E-state index in [0.717, 1.165) is 62.6 Å². The average molecular weight is 370 g/mol. The largest absolute Gasteiger partial charge is 0.495 e. The van der Waals surface area contributed by atoms with Gasteiger partial charge >= 0.3 is 0 Å². The Balaban J connectivity index is 1.65. The molecule has 0 unspecified atom stereocenters. The Morgan fingerprint density at radius 1 is 1.11 bits per heavy atom. The highest BCUT2D eigenvalue weighted by atomic mass is 16.5.